The topological polar surface area (TPSA) is 84.2 Å². The van der Waals surface area contributed by atoms with Gasteiger partial charge in [0.2, 0.25) is 5.91 Å². The van der Waals surface area contributed by atoms with E-state index in [0.29, 0.717) is 11.4 Å². The highest BCUT2D eigenvalue weighted by Crippen LogP contribution is 2.16. The highest BCUT2D eigenvalue weighted by atomic mass is 32.2. The summed E-state index contributed by atoms with van der Waals surface area (Å²) in [7, 11) is 0. The molecule has 0 aliphatic carbocycles. The number of primary amides is 1. The number of halogens is 1. The molecule has 2 rings (SSSR count). The molecule has 1 aromatic carbocycles. The van der Waals surface area contributed by atoms with Crippen LogP contribution in [-0.2, 0) is 4.79 Å². The number of carbonyl (C=O) groups excluding carboxylic acids is 2. The molecule has 102 valence electrons. The van der Waals surface area contributed by atoms with Gasteiger partial charge in [-0.3, -0.25) is 9.59 Å². The van der Waals surface area contributed by atoms with Crippen LogP contribution in [0.3, 0.4) is 0 Å². The molecule has 7 heteroatoms. The highest BCUT2D eigenvalue weighted by Gasteiger charge is 2.21. The summed E-state index contributed by atoms with van der Waals surface area (Å²) in [6, 6.07) is 3.47. The maximum Gasteiger partial charge on any atom is 0.251 e. The number of hydrogen-bond acceptors (Lipinski definition) is 4. The average Bonchev–Trinajstić information content (AvgIpc) is 2.41. The Kier molecular flexibility index (Phi) is 4.39. The van der Waals surface area contributed by atoms with Crippen molar-refractivity contribution in [1.29, 1.82) is 0 Å². The smallest absolute Gasteiger partial charge is 0.251 e. The summed E-state index contributed by atoms with van der Waals surface area (Å²) >= 11 is 1.69. The largest absolute Gasteiger partial charge is 0.366 e. The minimum atomic E-state index is -0.861. The summed E-state index contributed by atoms with van der Waals surface area (Å²) in [6.45, 7) is 0.776. The first-order valence-electron chi connectivity index (χ1n) is 5.79. The molecule has 0 radical (unpaired) electrons. The number of thioether (sulfide) groups is 1. The second-order valence-corrected chi connectivity index (χ2v) is 5.28. The fourth-order valence-corrected chi connectivity index (χ4v) is 2.69. The molecule has 0 spiro atoms. The molecule has 1 saturated heterocycles. The monoisotopic (exact) mass is 283 g/mol. The number of carbonyl (C=O) groups is 2. The quantitative estimate of drug-likeness (QED) is 0.757. The lowest BCUT2D eigenvalue weighted by molar-refractivity contribution is -0.117. The lowest BCUT2D eigenvalue weighted by Crippen LogP contribution is -2.46. The normalized spacial score (nSPS) is 18.9. The third-order valence-corrected chi connectivity index (χ3v) is 3.80. The lowest BCUT2D eigenvalue weighted by atomic mass is 10.1. The number of hydrogen-bond donors (Lipinski definition) is 3. The molecule has 0 bridgehead atoms. The van der Waals surface area contributed by atoms with Crippen molar-refractivity contribution in [3.8, 4) is 0 Å². The fraction of sp³-hybridized carbons (Fsp3) is 0.333. The van der Waals surface area contributed by atoms with Crippen LogP contribution in [0.1, 0.15) is 10.4 Å². The van der Waals surface area contributed by atoms with Crippen LogP contribution in [0.15, 0.2) is 18.2 Å². The molecule has 5 nitrogen and oxygen atoms in total. The van der Waals surface area contributed by atoms with Gasteiger partial charge in [-0.05, 0) is 18.2 Å². The van der Waals surface area contributed by atoms with E-state index in [4.69, 9.17) is 5.73 Å². The molecular formula is C12H14FN3O2S. The van der Waals surface area contributed by atoms with Crippen LogP contribution in [0, 0.1) is 5.82 Å². The molecule has 19 heavy (non-hydrogen) atoms. The molecule has 1 fully saturated rings. The number of benzene rings is 1. The maximum atomic E-state index is 13.3. The van der Waals surface area contributed by atoms with E-state index in [0.717, 1.165) is 18.4 Å². The molecular weight excluding hydrogens is 269 g/mol. The highest BCUT2D eigenvalue weighted by molar-refractivity contribution is 7.99. The van der Waals surface area contributed by atoms with Crippen molar-refractivity contribution in [3.05, 3.63) is 29.6 Å². The molecule has 0 saturated carbocycles. The fourth-order valence-electron chi connectivity index (χ4n) is 1.76. The summed E-state index contributed by atoms with van der Waals surface area (Å²) in [6.07, 6.45) is 0. The number of nitrogens with two attached hydrogens (primary N) is 1. The Morgan fingerprint density at radius 3 is 2.89 bits per heavy atom. The Hall–Kier alpha value is -1.60. The Morgan fingerprint density at radius 2 is 2.26 bits per heavy atom. The van der Waals surface area contributed by atoms with E-state index >= 15 is 0 Å². The SMILES string of the molecule is NC(=O)c1cc(NC(=O)C2CSCCN2)ccc1F. The van der Waals surface area contributed by atoms with Crippen LogP contribution in [0.4, 0.5) is 10.1 Å². The predicted octanol–water partition coefficient (Wildman–Crippen LogP) is 0.568. The molecule has 1 atom stereocenters. The van der Waals surface area contributed by atoms with Gasteiger partial charge >= 0.3 is 0 Å². The minimum absolute atomic E-state index is 0.200. The first-order valence-corrected chi connectivity index (χ1v) is 6.95. The van der Waals surface area contributed by atoms with Crippen molar-refractivity contribution in [2.24, 2.45) is 5.73 Å². The molecule has 1 aromatic rings. The van der Waals surface area contributed by atoms with Gasteiger partial charge < -0.3 is 16.4 Å². The van der Waals surface area contributed by atoms with Crippen LogP contribution in [0.25, 0.3) is 0 Å². The zero-order valence-electron chi connectivity index (χ0n) is 10.1. The van der Waals surface area contributed by atoms with E-state index in [9.17, 15) is 14.0 Å². The summed E-state index contributed by atoms with van der Waals surface area (Å²) in [5.41, 5.74) is 5.18. The number of anilines is 1. The summed E-state index contributed by atoms with van der Waals surface area (Å²) in [5.74, 6) is -0.0898. The van der Waals surface area contributed by atoms with Crippen molar-refractivity contribution in [1.82, 2.24) is 5.32 Å². The van der Waals surface area contributed by atoms with Gasteiger partial charge in [0, 0.05) is 23.7 Å². The van der Waals surface area contributed by atoms with E-state index in [-0.39, 0.29) is 17.5 Å². The van der Waals surface area contributed by atoms with E-state index in [2.05, 4.69) is 10.6 Å². The third kappa shape index (κ3) is 3.45. The van der Waals surface area contributed by atoms with Gasteiger partial charge in [-0.15, -0.1) is 0 Å². The molecule has 1 heterocycles. The summed E-state index contributed by atoms with van der Waals surface area (Å²) in [4.78, 5) is 23.0. The first-order chi connectivity index (χ1) is 9.08. The van der Waals surface area contributed by atoms with Gasteiger partial charge in [-0.1, -0.05) is 0 Å². The Bertz CT molecular complexity index is 504. The van der Waals surface area contributed by atoms with Crippen LogP contribution >= 0.6 is 11.8 Å². The number of rotatable bonds is 3. The lowest BCUT2D eigenvalue weighted by Gasteiger charge is -2.22. The van der Waals surface area contributed by atoms with Gasteiger partial charge in [-0.25, -0.2) is 4.39 Å². The van der Waals surface area contributed by atoms with Crippen LogP contribution in [-0.4, -0.2) is 35.9 Å². The van der Waals surface area contributed by atoms with Crippen LogP contribution in [0.5, 0.6) is 0 Å². The van der Waals surface area contributed by atoms with Gasteiger partial charge in [0.25, 0.3) is 5.91 Å². The standard InChI is InChI=1S/C12H14FN3O2S/c13-9-2-1-7(5-8(9)11(14)17)16-12(18)10-6-19-4-3-15-10/h1-2,5,10,15H,3-4,6H2,(H2,14,17)(H,16,18). The second kappa shape index (κ2) is 6.03. The van der Waals surface area contributed by atoms with E-state index in [1.54, 1.807) is 11.8 Å². The van der Waals surface area contributed by atoms with Gasteiger partial charge in [0.05, 0.1) is 11.6 Å². The predicted molar refractivity (Wildman–Crippen MR) is 72.7 cm³/mol. The Balaban J connectivity index is 2.08. The van der Waals surface area contributed by atoms with Gasteiger partial charge in [0.1, 0.15) is 5.82 Å². The molecule has 1 unspecified atom stereocenters. The van der Waals surface area contributed by atoms with Crippen LogP contribution in [0.2, 0.25) is 0 Å². The molecule has 2 amide bonds. The average molecular weight is 283 g/mol. The number of nitrogens with one attached hydrogen (secondary N) is 2. The minimum Gasteiger partial charge on any atom is -0.366 e. The van der Waals surface area contributed by atoms with Crippen molar-refractivity contribution in [2.45, 2.75) is 6.04 Å². The Labute approximate surface area is 114 Å². The van der Waals surface area contributed by atoms with E-state index in [1.165, 1.54) is 12.1 Å². The van der Waals surface area contributed by atoms with Crippen molar-refractivity contribution in [2.75, 3.05) is 23.4 Å². The van der Waals surface area contributed by atoms with E-state index in [1.807, 2.05) is 0 Å². The molecule has 1 aliphatic heterocycles. The molecule has 0 aromatic heterocycles. The van der Waals surface area contributed by atoms with Gasteiger partial charge in [0.15, 0.2) is 0 Å². The molecule has 1 aliphatic rings. The van der Waals surface area contributed by atoms with E-state index < -0.39 is 11.7 Å². The zero-order chi connectivity index (χ0) is 13.8. The van der Waals surface area contributed by atoms with Crippen LogP contribution < -0.4 is 16.4 Å². The Morgan fingerprint density at radius 1 is 1.47 bits per heavy atom. The number of amides is 2. The van der Waals surface area contributed by atoms with Gasteiger partial charge in [-0.2, -0.15) is 11.8 Å². The second-order valence-electron chi connectivity index (χ2n) is 4.13. The third-order valence-electron chi connectivity index (χ3n) is 2.74. The van der Waals surface area contributed by atoms with Crippen molar-refractivity contribution in [3.63, 3.8) is 0 Å². The maximum absolute atomic E-state index is 13.3. The van der Waals surface area contributed by atoms with Crippen molar-refractivity contribution < 1.29 is 14.0 Å². The van der Waals surface area contributed by atoms with Crippen molar-refractivity contribution >= 4 is 29.3 Å². The molecule has 4 N–H and O–H groups in total. The summed E-state index contributed by atoms with van der Waals surface area (Å²) in [5, 5.41) is 5.73. The zero-order valence-corrected chi connectivity index (χ0v) is 10.9. The first kappa shape index (κ1) is 13.8. The summed E-state index contributed by atoms with van der Waals surface area (Å²) < 4.78 is 13.3.